The molecule has 1 heterocycles. The van der Waals surface area contributed by atoms with Crippen molar-refractivity contribution in [1.82, 2.24) is 15.5 Å². The molecule has 0 saturated heterocycles. The Balaban J connectivity index is 1.34. The number of aromatic amines is 1. The third-order valence-electron chi connectivity index (χ3n) is 5.16. The minimum Gasteiger partial charge on any atom is -0.328 e. The number of nitrogens with zero attached hydrogens (tertiary/aromatic N) is 1. The van der Waals surface area contributed by atoms with Crippen molar-refractivity contribution < 1.29 is 0 Å². The van der Waals surface area contributed by atoms with Crippen molar-refractivity contribution in [1.29, 1.82) is 0 Å². The van der Waals surface area contributed by atoms with Crippen molar-refractivity contribution >= 4 is 0 Å². The molecule has 4 N–H and O–H groups in total. The lowest BCUT2D eigenvalue weighted by Crippen LogP contribution is -2.38. The predicted molar refractivity (Wildman–Crippen MR) is 88.5 cm³/mol. The standard InChI is InChI=1S/C18H24N4/c19-14-5-7-15(8-6-14)21-18-11-16(18)12-1-3-13(4-2-12)17-9-10-20-22-17/h1-4,9-10,14-16,18,21H,5-8,11,19H2,(H,20,22)/t14-,15-,16-,18+/m0/s1. The number of H-pyrrole nitrogens is 1. The molecule has 4 heteroatoms. The van der Waals surface area contributed by atoms with Gasteiger partial charge in [0, 0.05) is 30.2 Å². The van der Waals surface area contributed by atoms with Gasteiger partial charge in [0.1, 0.15) is 0 Å². The Morgan fingerprint density at radius 2 is 1.82 bits per heavy atom. The summed E-state index contributed by atoms with van der Waals surface area (Å²) in [4.78, 5) is 0. The molecule has 0 spiro atoms. The SMILES string of the molecule is N[C@H]1CC[C@H](N[C@@H]2C[C@H]2c2ccc(-c3ccn[nH]3)cc2)CC1. The monoisotopic (exact) mass is 296 g/mol. The fourth-order valence-electron chi connectivity index (χ4n) is 3.66. The van der Waals surface area contributed by atoms with Crippen molar-refractivity contribution in [3.63, 3.8) is 0 Å². The first kappa shape index (κ1) is 14.0. The van der Waals surface area contributed by atoms with Gasteiger partial charge < -0.3 is 11.1 Å². The van der Waals surface area contributed by atoms with Crippen LogP contribution in [-0.4, -0.2) is 28.3 Å². The van der Waals surface area contributed by atoms with E-state index >= 15 is 0 Å². The maximum absolute atomic E-state index is 5.98. The maximum Gasteiger partial charge on any atom is 0.0650 e. The van der Waals surface area contributed by atoms with Crippen LogP contribution < -0.4 is 11.1 Å². The van der Waals surface area contributed by atoms with Crippen LogP contribution >= 0.6 is 0 Å². The van der Waals surface area contributed by atoms with E-state index in [1.165, 1.54) is 43.2 Å². The first-order chi connectivity index (χ1) is 10.8. The Hall–Kier alpha value is -1.65. The highest BCUT2D eigenvalue weighted by molar-refractivity contribution is 5.59. The molecule has 0 unspecified atom stereocenters. The summed E-state index contributed by atoms with van der Waals surface area (Å²) in [5.74, 6) is 0.686. The number of nitrogens with one attached hydrogen (secondary N) is 2. The number of aromatic nitrogens is 2. The molecule has 0 amide bonds. The van der Waals surface area contributed by atoms with Crippen LogP contribution in [0.1, 0.15) is 43.6 Å². The summed E-state index contributed by atoms with van der Waals surface area (Å²) < 4.78 is 0. The normalized spacial score (nSPS) is 31.1. The number of nitrogens with two attached hydrogens (primary N) is 1. The molecule has 2 saturated carbocycles. The molecule has 2 atom stereocenters. The summed E-state index contributed by atoms with van der Waals surface area (Å²) in [6.07, 6.45) is 7.89. The van der Waals surface area contributed by atoms with Gasteiger partial charge in [0.15, 0.2) is 0 Å². The van der Waals surface area contributed by atoms with E-state index in [0.29, 0.717) is 24.0 Å². The minimum atomic E-state index is 0.433. The number of hydrogen-bond acceptors (Lipinski definition) is 3. The van der Waals surface area contributed by atoms with E-state index in [1.807, 2.05) is 6.07 Å². The van der Waals surface area contributed by atoms with E-state index in [9.17, 15) is 0 Å². The van der Waals surface area contributed by atoms with E-state index in [-0.39, 0.29) is 0 Å². The smallest absolute Gasteiger partial charge is 0.0650 e. The van der Waals surface area contributed by atoms with Gasteiger partial charge in [0.2, 0.25) is 0 Å². The quantitative estimate of drug-likeness (QED) is 0.813. The summed E-state index contributed by atoms with van der Waals surface area (Å²) in [6, 6.07) is 12.7. The summed E-state index contributed by atoms with van der Waals surface area (Å²) in [7, 11) is 0. The Morgan fingerprint density at radius 1 is 1.05 bits per heavy atom. The van der Waals surface area contributed by atoms with Crippen molar-refractivity contribution in [2.24, 2.45) is 5.73 Å². The summed E-state index contributed by atoms with van der Waals surface area (Å²) in [6.45, 7) is 0. The fourth-order valence-corrected chi connectivity index (χ4v) is 3.66. The molecule has 0 aliphatic heterocycles. The van der Waals surface area contributed by atoms with Crippen LogP contribution in [0.5, 0.6) is 0 Å². The molecule has 116 valence electrons. The van der Waals surface area contributed by atoms with Gasteiger partial charge in [0.25, 0.3) is 0 Å². The number of benzene rings is 1. The predicted octanol–water partition coefficient (Wildman–Crippen LogP) is 2.79. The van der Waals surface area contributed by atoms with Crippen LogP contribution in [-0.2, 0) is 0 Å². The van der Waals surface area contributed by atoms with Crippen molar-refractivity contribution in [2.45, 2.75) is 56.1 Å². The molecule has 0 radical (unpaired) electrons. The van der Waals surface area contributed by atoms with E-state index in [1.54, 1.807) is 6.20 Å². The van der Waals surface area contributed by atoms with Crippen LogP contribution in [0.25, 0.3) is 11.3 Å². The molecule has 0 bridgehead atoms. The summed E-state index contributed by atoms with van der Waals surface area (Å²) >= 11 is 0. The Labute approximate surface area is 131 Å². The van der Waals surface area contributed by atoms with Crippen molar-refractivity contribution in [2.75, 3.05) is 0 Å². The van der Waals surface area contributed by atoms with E-state index in [0.717, 1.165) is 5.69 Å². The van der Waals surface area contributed by atoms with Gasteiger partial charge in [-0.05, 0) is 49.3 Å². The lowest BCUT2D eigenvalue weighted by molar-refractivity contribution is 0.339. The first-order valence-corrected chi connectivity index (χ1v) is 8.41. The zero-order valence-electron chi connectivity index (χ0n) is 12.8. The van der Waals surface area contributed by atoms with Gasteiger partial charge in [-0.25, -0.2) is 0 Å². The van der Waals surface area contributed by atoms with Crippen molar-refractivity contribution in [3.8, 4) is 11.3 Å². The first-order valence-electron chi connectivity index (χ1n) is 8.41. The zero-order valence-corrected chi connectivity index (χ0v) is 12.8. The Morgan fingerprint density at radius 3 is 2.50 bits per heavy atom. The van der Waals surface area contributed by atoms with Gasteiger partial charge >= 0.3 is 0 Å². The second-order valence-electron chi connectivity index (χ2n) is 6.82. The van der Waals surface area contributed by atoms with E-state index in [4.69, 9.17) is 5.73 Å². The second kappa shape index (κ2) is 5.86. The van der Waals surface area contributed by atoms with Crippen LogP contribution in [0.15, 0.2) is 36.5 Å². The molecule has 1 aromatic carbocycles. The molecule has 2 aliphatic carbocycles. The highest BCUT2D eigenvalue weighted by Crippen LogP contribution is 2.42. The molecular weight excluding hydrogens is 272 g/mol. The lowest BCUT2D eigenvalue weighted by atomic mass is 9.92. The largest absolute Gasteiger partial charge is 0.328 e. The number of rotatable bonds is 4. The Kier molecular flexibility index (Phi) is 3.72. The van der Waals surface area contributed by atoms with Gasteiger partial charge in [-0.1, -0.05) is 24.3 Å². The molecule has 22 heavy (non-hydrogen) atoms. The molecule has 4 rings (SSSR count). The average molecular weight is 296 g/mol. The molecule has 1 aromatic heterocycles. The molecule has 2 aliphatic rings. The van der Waals surface area contributed by atoms with Gasteiger partial charge in [-0.3, -0.25) is 5.10 Å². The van der Waals surface area contributed by atoms with Crippen molar-refractivity contribution in [3.05, 3.63) is 42.1 Å². The van der Waals surface area contributed by atoms with Gasteiger partial charge in [-0.2, -0.15) is 5.10 Å². The van der Waals surface area contributed by atoms with Crippen LogP contribution in [0.2, 0.25) is 0 Å². The topological polar surface area (TPSA) is 66.7 Å². The fraction of sp³-hybridized carbons (Fsp3) is 0.500. The molecule has 2 aromatic rings. The summed E-state index contributed by atoms with van der Waals surface area (Å²) in [5, 5.41) is 10.9. The van der Waals surface area contributed by atoms with Crippen LogP contribution in [0.4, 0.5) is 0 Å². The van der Waals surface area contributed by atoms with Crippen LogP contribution in [0.3, 0.4) is 0 Å². The highest BCUT2D eigenvalue weighted by Gasteiger charge is 2.39. The molecule has 2 fully saturated rings. The third-order valence-corrected chi connectivity index (χ3v) is 5.16. The van der Waals surface area contributed by atoms with Crippen LogP contribution in [0, 0.1) is 0 Å². The maximum atomic E-state index is 5.98. The zero-order chi connectivity index (χ0) is 14.9. The van der Waals surface area contributed by atoms with E-state index < -0.39 is 0 Å². The van der Waals surface area contributed by atoms with Gasteiger partial charge in [0.05, 0.1) is 5.69 Å². The van der Waals surface area contributed by atoms with E-state index in [2.05, 4.69) is 39.8 Å². The third kappa shape index (κ3) is 2.94. The highest BCUT2D eigenvalue weighted by atomic mass is 15.1. The minimum absolute atomic E-state index is 0.433. The summed E-state index contributed by atoms with van der Waals surface area (Å²) in [5.41, 5.74) is 9.71. The number of hydrogen-bond donors (Lipinski definition) is 3. The molecule has 4 nitrogen and oxygen atoms in total. The Bertz CT molecular complexity index is 597. The van der Waals surface area contributed by atoms with Gasteiger partial charge in [-0.15, -0.1) is 0 Å². The second-order valence-corrected chi connectivity index (χ2v) is 6.82. The lowest BCUT2D eigenvalue weighted by Gasteiger charge is -2.27. The molecular formula is C18H24N4. The average Bonchev–Trinajstić information content (AvgIpc) is 3.09.